The number of aromatic nitrogens is 4. The SMILES string of the molecule is CCc1nnnn1CCC(C)C(=O)O. The standard InChI is InChI=1S/C8H14N4O2/c1-3-7-9-10-11-12(7)5-4-6(2)8(13)14/h6H,3-5H2,1-2H3,(H,13,14). The minimum absolute atomic E-state index is 0.357. The number of aryl methyl sites for hydroxylation is 2. The molecule has 1 atom stereocenters. The lowest BCUT2D eigenvalue weighted by molar-refractivity contribution is -0.141. The second kappa shape index (κ2) is 4.69. The van der Waals surface area contributed by atoms with E-state index in [1.165, 1.54) is 0 Å². The van der Waals surface area contributed by atoms with Gasteiger partial charge in [-0.05, 0) is 16.8 Å². The van der Waals surface area contributed by atoms with Gasteiger partial charge in [0.25, 0.3) is 0 Å². The molecule has 0 fully saturated rings. The predicted molar refractivity (Wildman–Crippen MR) is 48.6 cm³/mol. The van der Waals surface area contributed by atoms with Crippen LogP contribution < -0.4 is 0 Å². The Kier molecular flexibility index (Phi) is 3.55. The van der Waals surface area contributed by atoms with Crippen LogP contribution in [0.4, 0.5) is 0 Å². The van der Waals surface area contributed by atoms with Crippen LogP contribution in [0.3, 0.4) is 0 Å². The van der Waals surface area contributed by atoms with E-state index in [4.69, 9.17) is 5.11 Å². The zero-order valence-corrected chi connectivity index (χ0v) is 8.34. The van der Waals surface area contributed by atoms with E-state index in [-0.39, 0.29) is 5.92 Å². The van der Waals surface area contributed by atoms with Crippen molar-refractivity contribution in [3.05, 3.63) is 5.82 Å². The second-order valence-corrected chi connectivity index (χ2v) is 3.20. The first-order valence-electron chi connectivity index (χ1n) is 4.63. The van der Waals surface area contributed by atoms with Crippen molar-refractivity contribution in [3.8, 4) is 0 Å². The normalized spacial score (nSPS) is 12.7. The third-order valence-electron chi connectivity index (χ3n) is 2.12. The third kappa shape index (κ3) is 2.51. The van der Waals surface area contributed by atoms with Crippen LogP contribution in [0.5, 0.6) is 0 Å². The molecule has 1 heterocycles. The van der Waals surface area contributed by atoms with Crippen molar-refractivity contribution in [1.29, 1.82) is 0 Å². The van der Waals surface area contributed by atoms with E-state index >= 15 is 0 Å². The minimum Gasteiger partial charge on any atom is -0.481 e. The maximum absolute atomic E-state index is 10.6. The quantitative estimate of drug-likeness (QED) is 0.738. The first-order chi connectivity index (χ1) is 6.65. The summed E-state index contributed by atoms with van der Waals surface area (Å²) in [5, 5.41) is 19.8. The molecule has 0 spiro atoms. The molecule has 0 saturated carbocycles. The highest BCUT2D eigenvalue weighted by molar-refractivity contribution is 5.69. The molecule has 0 saturated heterocycles. The summed E-state index contributed by atoms with van der Waals surface area (Å²) >= 11 is 0. The fourth-order valence-corrected chi connectivity index (χ4v) is 1.09. The van der Waals surface area contributed by atoms with E-state index in [2.05, 4.69) is 15.5 Å². The van der Waals surface area contributed by atoms with E-state index in [1.807, 2.05) is 6.92 Å². The van der Waals surface area contributed by atoms with Crippen LogP contribution in [0, 0.1) is 5.92 Å². The molecule has 0 aliphatic carbocycles. The van der Waals surface area contributed by atoms with Crippen LogP contribution in [0.15, 0.2) is 0 Å². The van der Waals surface area contributed by atoms with Gasteiger partial charge in [-0.15, -0.1) is 5.10 Å². The zero-order valence-electron chi connectivity index (χ0n) is 8.34. The highest BCUT2D eigenvalue weighted by Gasteiger charge is 2.12. The number of nitrogens with zero attached hydrogens (tertiary/aromatic N) is 4. The monoisotopic (exact) mass is 198 g/mol. The fraction of sp³-hybridized carbons (Fsp3) is 0.750. The Morgan fingerprint density at radius 3 is 2.93 bits per heavy atom. The molecule has 0 radical (unpaired) electrons. The largest absolute Gasteiger partial charge is 0.481 e. The van der Waals surface area contributed by atoms with Crippen LogP contribution in [-0.2, 0) is 17.8 Å². The Bertz CT molecular complexity index is 310. The molecule has 0 aliphatic rings. The number of rotatable bonds is 5. The van der Waals surface area contributed by atoms with Gasteiger partial charge in [0.2, 0.25) is 0 Å². The smallest absolute Gasteiger partial charge is 0.306 e. The molecular formula is C8H14N4O2. The van der Waals surface area contributed by atoms with Crippen molar-refractivity contribution >= 4 is 5.97 Å². The number of carboxylic acids is 1. The Morgan fingerprint density at radius 1 is 1.64 bits per heavy atom. The molecule has 0 aromatic carbocycles. The molecule has 6 heteroatoms. The number of tetrazole rings is 1. The van der Waals surface area contributed by atoms with Gasteiger partial charge in [0.15, 0.2) is 5.82 Å². The van der Waals surface area contributed by atoms with E-state index in [1.54, 1.807) is 11.6 Å². The van der Waals surface area contributed by atoms with Gasteiger partial charge in [0.1, 0.15) is 0 Å². The highest BCUT2D eigenvalue weighted by atomic mass is 16.4. The van der Waals surface area contributed by atoms with E-state index in [9.17, 15) is 4.79 Å². The maximum atomic E-state index is 10.6. The van der Waals surface area contributed by atoms with Crippen LogP contribution >= 0.6 is 0 Å². The lowest BCUT2D eigenvalue weighted by atomic mass is 10.1. The van der Waals surface area contributed by atoms with Crippen molar-refractivity contribution in [2.75, 3.05) is 0 Å². The van der Waals surface area contributed by atoms with Crippen molar-refractivity contribution < 1.29 is 9.90 Å². The summed E-state index contributed by atoms with van der Waals surface area (Å²) < 4.78 is 1.65. The summed E-state index contributed by atoms with van der Waals surface area (Å²) in [6.07, 6.45) is 1.31. The van der Waals surface area contributed by atoms with Gasteiger partial charge < -0.3 is 5.11 Å². The Hall–Kier alpha value is -1.46. The molecule has 1 aromatic heterocycles. The van der Waals surface area contributed by atoms with Crippen LogP contribution in [-0.4, -0.2) is 31.3 Å². The average molecular weight is 198 g/mol. The van der Waals surface area contributed by atoms with Crippen molar-refractivity contribution in [2.24, 2.45) is 5.92 Å². The lowest BCUT2D eigenvalue weighted by Gasteiger charge is -2.06. The number of carbonyl (C=O) groups is 1. The maximum Gasteiger partial charge on any atom is 0.306 e. The first-order valence-corrected chi connectivity index (χ1v) is 4.63. The van der Waals surface area contributed by atoms with E-state index < -0.39 is 5.97 Å². The summed E-state index contributed by atoms with van der Waals surface area (Å²) in [4.78, 5) is 10.6. The van der Waals surface area contributed by atoms with Crippen LogP contribution in [0.25, 0.3) is 0 Å². The fourth-order valence-electron chi connectivity index (χ4n) is 1.09. The van der Waals surface area contributed by atoms with Gasteiger partial charge in [-0.25, -0.2) is 4.68 Å². The highest BCUT2D eigenvalue weighted by Crippen LogP contribution is 2.04. The summed E-state index contributed by atoms with van der Waals surface area (Å²) in [5.41, 5.74) is 0. The summed E-state index contributed by atoms with van der Waals surface area (Å²) in [6, 6.07) is 0. The summed E-state index contributed by atoms with van der Waals surface area (Å²) in [6.45, 7) is 4.20. The Labute approximate surface area is 81.9 Å². The van der Waals surface area contributed by atoms with E-state index in [0.29, 0.717) is 13.0 Å². The summed E-state index contributed by atoms with van der Waals surface area (Å²) in [7, 11) is 0. The number of carboxylic acid groups (broad SMARTS) is 1. The molecule has 1 aromatic rings. The van der Waals surface area contributed by atoms with E-state index in [0.717, 1.165) is 12.2 Å². The minimum atomic E-state index is -0.781. The number of hydrogen-bond acceptors (Lipinski definition) is 4. The van der Waals surface area contributed by atoms with Gasteiger partial charge in [0, 0.05) is 13.0 Å². The summed E-state index contributed by atoms with van der Waals surface area (Å²) in [5.74, 6) is -0.345. The van der Waals surface area contributed by atoms with Gasteiger partial charge in [-0.2, -0.15) is 0 Å². The molecule has 0 amide bonds. The van der Waals surface area contributed by atoms with Gasteiger partial charge in [-0.3, -0.25) is 4.79 Å². The lowest BCUT2D eigenvalue weighted by Crippen LogP contribution is -2.14. The predicted octanol–water partition coefficient (Wildman–Crippen LogP) is 0.346. The molecule has 0 bridgehead atoms. The zero-order chi connectivity index (χ0) is 10.6. The van der Waals surface area contributed by atoms with Crippen LogP contribution in [0.1, 0.15) is 26.1 Å². The number of aliphatic carboxylic acids is 1. The average Bonchev–Trinajstić information content (AvgIpc) is 2.60. The van der Waals surface area contributed by atoms with Crippen LogP contribution in [0.2, 0.25) is 0 Å². The van der Waals surface area contributed by atoms with Gasteiger partial charge in [0.05, 0.1) is 5.92 Å². The molecule has 1 N–H and O–H groups in total. The topological polar surface area (TPSA) is 80.9 Å². The third-order valence-corrected chi connectivity index (χ3v) is 2.12. The number of hydrogen-bond donors (Lipinski definition) is 1. The first kappa shape index (κ1) is 10.6. The molecule has 1 unspecified atom stereocenters. The Morgan fingerprint density at radius 2 is 2.36 bits per heavy atom. The van der Waals surface area contributed by atoms with Crippen molar-refractivity contribution in [1.82, 2.24) is 20.2 Å². The Balaban J connectivity index is 2.49. The molecular weight excluding hydrogens is 184 g/mol. The molecule has 6 nitrogen and oxygen atoms in total. The van der Waals surface area contributed by atoms with Crippen molar-refractivity contribution in [2.45, 2.75) is 33.2 Å². The molecule has 0 aliphatic heterocycles. The molecule has 78 valence electrons. The van der Waals surface area contributed by atoms with Crippen molar-refractivity contribution in [3.63, 3.8) is 0 Å². The molecule has 14 heavy (non-hydrogen) atoms. The van der Waals surface area contributed by atoms with Gasteiger partial charge in [-0.1, -0.05) is 13.8 Å². The van der Waals surface area contributed by atoms with Gasteiger partial charge >= 0.3 is 5.97 Å². The molecule has 1 rings (SSSR count). The second-order valence-electron chi connectivity index (χ2n) is 3.20.